The van der Waals surface area contributed by atoms with Crippen LogP contribution in [0.4, 0.5) is 0 Å². The number of nitrogens with one attached hydrogen (secondary N) is 1. The van der Waals surface area contributed by atoms with E-state index in [2.05, 4.69) is 34.4 Å². The minimum absolute atomic E-state index is 0.392. The van der Waals surface area contributed by atoms with E-state index in [-0.39, 0.29) is 0 Å². The monoisotopic (exact) mass is 271 g/mol. The van der Waals surface area contributed by atoms with Gasteiger partial charge in [-0.15, -0.1) is 11.3 Å². The summed E-state index contributed by atoms with van der Waals surface area (Å²) in [4.78, 5) is 6.54. The highest BCUT2D eigenvalue weighted by atomic mass is 32.1. The fourth-order valence-corrected chi connectivity index (χ4v) is 2.48. The molecule has 1 aromatic rings. The number of aliphatic hydroxyl groups is 1. The van der Waals surface area contributed by atoms with Crippen LogP contribution in [-0.4, -0.2) is 46.8 Å². The van der Waals surface area contributed by atoms with Crippen molar-refractivity contribution >= 4 is 11.3 Å². The largest absolute Gasteiger partial charge is 0.388 e. The van der Waals surface area contributed by atoms with Crippen LogP contribution in [0.2, 0.25) is 0 Å². The van der Waals surface area contributed by atoms with Gasteiger partial charge in [0.1, 0.15) is 0 Å². The van der Waals surface area contributed by atoms with Gasteiger partial charge in [0, 0.05) is 31.1 Å². The number of aryl methyl sites for hydroxylation is 1. The van der Waals surface area contributed by atoms with Gasteiger partial charge in [-0.1, -0.05) is 13.8 Å². The molecule has 1 unspecified atom stereocenters. The molecule has 0 aliphatic heterocycles. The van der Waals surface area contributed by atoms with Crippen LogP contribution < -0.4 is 5.32 Å². The van der Waals surface area contributed by atoms with Crippen LogP contribution in [0.25, 0.3) is 0 Å². The van der Waals surface area contributed by atoms with Crippen molar-refractivity contribution < 1.29 is 5.11 Å². The smallest absolute Gasteiger partial charge is 0.0897 e. The second-order valence-electron chi connectivity index (χ2n) is 5.56. The molecule has 0 saturated heterocycles. The van der Waals surface area contributed by atoms with E-state index in [0.29, 0.717) is 19.1 Å². The van der Waals surface area contributed by atoms with Crippen molar-refractivity contribution in [2.75, 3.05) is 20.1 Å². The van der Waals surface area contributed by atoms with Crippen molar-refractivity contribution in [2.24, 2.45) is 0 Å². The fraction of sp³-hybridized carbons (Fsp3) is 0.769. The first-order valence-corrected chi connectivity index (χ1v) is 7.22. The molecular weight excluding hydrogens is 246 g/mol. The number of hydrogen-bond donors (Lipinski definition) is 2. The van der Waals surface area contributed by atoms with Crippen LogP contribution in [0.1, 0.15) is 31.5 Å². The zero-order valence-corrected chi connectivity index (χ0v) is 12.8. The normalized spacial score (nSPS) is 15.3. The molecule has 1 atom stereocenters. The maximum atomic E-state index is 10.3. The lowest BCUT2D eigenvalue weighted by molar-refractivity contribution is 0.0237. The minimum Gasteiger partial charge on any atom is -0.388 e. The molecule has 18 heavy (non-hydrogen) atoms. The zero-order valence-electron chi connectivity index (χ0n) is 12.0. The Morgan fingerprint density at radius 1 is 1.56 bits per heavy atom. The predicted octanol–water partition coefficient (Wildman–Crippen LogP) is 1.63. The first-order valence-electron chi connectivity index (χ1n) is 6.34. The molecule has 0 spiro atoms. The number of rotatable bonds is 7. The van der Waals surface area contributed by atoms with Crippen LogP contribution in [0, 0.1) is 6.92 Å². The van der Waals surface area contributed by atoms with Gasteiger partial charge in [0.05, 0.1) is 16.3 Å². The second kappa shape index (κ2) is 6.61. The molecule has 5 heteroatoms. The second-order valence-corrected chi connectivity index (χ2v) is 6.62. The van der Waals surface area contributed by atoms with Gasteiger partial charge in [-0.2, -0.15) is 0 Å². The lowest BCUT2D eigenvalue weighted by atomic mass is 10.1. The molecule has 0 amide bonds. The number of hydrogen-bond acceptors (Lipinski definition) is 5. The molecule has 0 aromatic carbocycles. The first kappa shape index (κ1) is 15.6. The SMILES string of the molecule is Cc1nc(CN(C)CC(C)(O)CNC(C)C)cs1. The standard InChI is InChI=1S/C13H25N3OS/c1-10(2)14-8-13(4,17)9-16(5)6-12-7-18-11(3)15-12/h7,10,14,17H,6,8-9H2,1-5H3. The minimum atomic E-state index is -0.718. The Morgan fingerprint density at radius 2 is 2.22 bits per heavy atom. The summed E-state index contributed by atoms with van der Waals surface area (Å²) < 4.78 is 0. The maximum Gasteiger partial charge on any atom is 0.0897 e. The van der Waals surface area contributed by atoms with Crippen molar-refractivity contribution in [3.63, 3.8) is 0 Å². The molecule has 1 rings (SSSR count). The van der Waals surface area contributed by atoms with E-state index in [4.69, 9.17) is 0 Å². The summed E-state index contributed by atoms with van der Waals surface area (Å²) in [5.74, 6) is 0. The van der Waals surface area contributed by atoms with Gasteiger partial charge < -0.3 is 10.4 Å². The van der Waals surface area contributed by atoms with Crippen molar-refractivity contribution in [3.8, 4) is 0 Å². The topological polar surface area (TPSA) is 48.4 Å². The Morgan fingerprint density at radius 3 is 2.72 bits per heavy atom. The lowest BCUT2D eigenvalue weighted by Gasteiger charge is -2.29. The van der Waals surface area contributed by atoms with Gasteiger partial charge in [-0.25, -0.2) is 4.98 Å². The highest BCUT2D eigenvalue weighted by Crippen LogP contribution is 2.12. The van der Waals surface area contributed by atoms with Crippen molar-refractivity contribution in [1.82, 2.24) is 15.2 Å². The Labute approximate surface area is 114 Å². The Balaban J connectivity index is 2.40. The summed E-state index contributed by atoms with van der Waals surface area (Å²) >= 11 is 1.67. The summed E-state index contributed by atoms with van der Waals surface area (Å²) in [5.41, 5.74) is 0.358. The van der Waals surface area contributed by atoms with E-state index in [0.717, 1.165) is 17.2 Å². The van der Waals surface area contributed by atoms with Gasteiger partial charge in [0.25, 0.3) is 0 Å². The van der Waals surface area contributed by atoms with E-state index in [1.54, 1.807) is 11.3 Å². The number of aromatic nitrogens is 1. The van der Waals surface area contributed by atoms with Crippen molar-refractivity contribution in [1.29, 1.82) is 0 Å². The fourth-order valence-electron chi connectivity index (χ4n) is 1.87. The molecular formula is C13H25N3OS. The summed E-state index contributed by atoms with van der Waals surface area (Å²) in [6, 6.07) is 0.392. The van der Waals surface area contributed by atoms with E-state index in [1.807, 2.05) is 20.9 Å². The van der Waals surface area contributed by atoms with E-state index in [1.165, 1.54) is 0 Å². The lowest BCUT2D eigenvalue weighted by Crippen LogP contribution is -2.47. The third kappa shape index (κ3) is 5.91. The summed E-state index contributed by atoms with van der Waals surface area (Å²) in [6.45, 7) is 10.0. The predicted molar refractivity (Wildman–Crippen MR) is 76.9 cm³/mol. The van der Waals surface area contributed by atoms with Crippen LogP contribution in [0.15, 0.2) is 5.38 Å². The molecule has 0 aliphatic rings. The highest BCUT2D eigenvalue weighted by Gasteiger charge is 2.22. The third-order valence-electron chi connectivity index (χ3n) is 2.60. The molecule has 4 nitrogen and oxygen atoms in total. The third-order valence-corrected chi connectivity index (χ3v) is 3.42. The summed E-state index contributed by atoms with van der Waals surface area (Å²) in [7, 11) is 2.01. The zero-order chi connectivity index (χ0) is 13.8. The molecule has 1 heterocycles. The molecule has 0 saturated carbocycles. The van der Waals surface area contributed by atoms with Crippen LogP contribution in [-0.2, 0) is 6.54 Å². The maximum absolute atomic E-state index is 10.3. The highest BCUT2D eigenvalue weighted by molar-refractivity contribution is 7.09. The van der Waals surface area contributed by atoms with Gasteiger partial charge in [-0.05, 0) is 20.9 Å². The van der Waals surface area contributed by atoms with Gasteiger partial charge in [0.2, 0.25) is 0 Å². The van der Waals surface area contributed by atoms with E-state index >= 15 is 0 Å². The van der Waals surface area contributed by atoms with E-state index < -0.39 is 5.60 Å². The summed E-state index contributed by atoms with van der Waals surface area (Å²) in [5, 5.41) is 16.7. The average Bonchev–Trinajstić information content (AvgIpc) is 2.60. The molecule has 0 aliphatic carbocycles. The van der Waals surface area contributed by atoms with Gasteiger partial charge >= 0.3 is 0 Å². The molecule has 0 bridgehead atoms. The molecule has 0 radical (unpaired) electrons. The Kier molecular flexibility index (Phi) is 5.72. The number of thiazole rings is 1. The molecule has 104 valence electrons. The van der Waals surface area contributed by atoms with Crippen LogP contribution >= 0.6 is 11.3 Å². The number of likely N-dealkylation sites (N-methyl/N-ethyl adjacent to an activating group) is 1. The molecule has 2 N–H and O–H groups in total. The van der Waals surface area contributed by atoms with Crippen LogP contribution in [0.5, 0.6) is 0 Å². The summed E-state index contributed by atoms with van der Waals surface area (Å²) in [6.07, 6.45) is 0. The Bertz CT molecular complexity index is 363. The van der Waals surface area contributed by atoms with Crippen LogP contribution in [0.3, 0.4) is 0 Å². The van der Waals surface area contributed by atoms with Gasteiger partial charge in [0.15, 0.2) is 0 Å². The van der Waals surface area contributed by atoms with Crippen molar-refractivity contribution in [3.05, 3.63) is 16.1 Å². The molecule has 1 aromatic heterocycles. The first-order chi connectivity index (χ1) is 8.28. The molecule has 0 fully saturated rings. The Hall–Kier alpha value is -0.490. The number of nitrogens with zero attached hydrogens (tertiary/aromatic N) is 2. The van der Waals surface area contributed by atoms with Gasteiger partial charge in [-0.3, -0.25) is 4.90 Å². The van der Waals surface area contributed by atoms with Crippen molar-refractivity contribution in [2.45, 2.75) is 45.9 Å². The van der Waals surface area contributed by atoms with E-state index in [9.17, 15) is 5.11 Å². The average molecular weight is 271 g/mol. The quantitative estimate of drug-likeness (QED) is 0.791.